The maximum Gasteiger partial charge on any atom is 0.303 e. The van der Waals surface area contributed by atoms with Crippen LogP contribution in [-0.4, -0.2) is 61.6 Å². The summed E-state index contributed by atoms with van der Waals surface area (Å²) in [7, 11) is 0. The normalized spacial score (nSPS) is 28.4. The molecule has 1 heterocycles. The molecule has 0 aromatic carbocycles. The summed E-state index contributed by atoms with van der Waals surface area (Å²) in [5.74, 6) is -1.58. The van der Waals surface area contributed by atoms with Crippen LogP contribution in [0.1, 0.15) is 27.7 Å². The Kier molecular flexibility index (Phi) is 8.12. The van der Waals surface area contributed by atoms with Crippen molar-refractivity contribution in [2.45, 2.75) is 58.3 Å². The van der Waals surface area contributed by atoms with Gasteiger partial charge in [-0.25, -0.2) is 0 Å². The summed E-state index contributed by atoms with van der Waals surface area (Å²) >= 11 is 0. The molecule has 140 valence electrons. The second kappa shape index (κ2) is 9.82. The number of hydrogen-bond acceptors (Lipinski definition) is 8. The van der Waals surface area contributed by atoms with Crippen molar-refractivity contribution in [1.82, 2.24) is 5.32 Å². The predicted octanol–water partition coefficient (Wildman–Crippen LogP) is 0.426. The first-order valence-corrected chi connectivity index (χ1v) is 7.69. The van der Waals surface area contributed by atoms with E-state index in [0.717, 1.165) is 0 Å². The van der Waals surface area contributed by atoms with Gasteiger partial charge < -0.3 is 24.3 Å². The highest BCUT2D eigenvalue weighted by Gasteiger charge is 2.49. The molecule has 0 aromatic rings. The molecule has 1 N–H and O–H groups in total. The Hall–Kier alpha value is -2.36. The molecule has 1 saturated heterocycles. The Morgan fingerprint density at radius 1 is 1.20 bits per heavy atom. The van der Waals surface area contributed by atoms with Gasteiger partial charge in [0, 0.05) is 32.3 Å². The molecular weight excluding hydrogens is 336 g/mol. The predicted molar refractivity (Wildman–Crippen MR) is 83.0 cm³/mol. The van der Waals surface area contributed by atoms with E-state index in [0.29, 0.717) is 0 Å². The molecule has 1 fully saturated rings. The largest absolute Gasteiger partial charge is 0.463 e. The maximum atomic E-state index is 11.5. The first-order chi connectivity index (χ1) is 11.8. The van der Waals surface area contributed by atoms with Gasteiger partial charge in [-0.05, 0) is 12.5 Å². The number of carbonyl (C=O) groups is 3. The van der Waals surface area contributed by atoms with Gasteiger partial charge in [0.15, 0.2) is 12.3 Å². The second-order valence-corrected chi connectivity index (χ2v) is 5.29. The summed E-state index contributed by atoms with van der Waals surface area (Å²) in [5, 5.41) is 6.06. The fourth-order valence-electron chi connectivity index (χ4n) is 2.52. The molecule has 0 spiro atoms. The van der Waals surface area contributed by atoms with Crippen LogP contribution in [0.5, 0.6) is 0 Å². The molecule has 1 rings (SSSR count). The van der Waals surface area contributed by atoms with Crippen LogP contribution in [0.3, 0.4) is 0 Å². The van der Waals surface area contributed by atoms with Crippen LogP contribution in [0.2, 0.25) is 0 Å². The zero-order chi connectivity index (χ0) is 19.0. The summed E-state index contributed by atoms with van der Waals surface area (Å²) in [4.78, 5) is 36.8. The Morgan fingerprint density at radius 3 is 2.36 bits per heavy atom. The Morgan fingerprint density at radius 2 is 1.88 bits per heavy atom. The van der Waals surface area contributed by atoms with E-state index >= 15 is 0 Å². The van der Waals surface area contributed by atoms with Gasteiger partial charge in [0.05, 0.1) is 0 Å². The van der Waals surface area contributed by atoms with E-state index in [1.54, 1.807) is 6.92 Å². The molecule has 2 unspecified atom stereocenters. The molecule has 25 heavy (non-hydrogen) atoms. The molecule has 5 atom stereocenters. The number of carbonyl (C=O) groups excluding carboxylic acids is 3. The lowest BCUT2D eigenvalue weighted by Gasteiger charge is -2.44. The molecule has 1 aliphatic heterocycles. The molecule has 0 bridgehead atoms. The zero-order valence-corrected chi connectivity index (χ0v) is 14.5. The maximum absolute atomic E-state index is 11.5. The Labute approximate surface area is 144 Å². The minimum absolute atomic E-state index is 0.192. The van der Waals surface area contributed by atoms with Crippen molar-refractivity contribution in [3.05, 3.63) is 10.4 Å². The van der Waals surface area contributed by atoms with Crippen molar-refractivity contribution in [1.29, 1.82) is 0 Å². The van der Waals surface area contributed by atoms with Crippen molar-refractivity contribution >= 4 is 17.8 Å². The van der Waals surface area contributed by atoms with Crippen LogP contribution in [0.15, 0.2) is 5.11 Å². The lowest BCUT2D eigenvalue weighted by atomic mass is 9.95. The van der Waals surface area contributed by atoms with Gasteiger partial charge in [-0.2, -0.15) is 0 Å². The quantitative estimate of drug-likeness (QED) is 0.300. The van der Waals surface area contributed by atoms with Crippen molar-refractivity contribution in [2.24, 2.45) is 5.11 Å². The third-order valence-electron chi connectivity index (χ3n) is 3.31. The molecule has 11 heteroatoms. The number of hydrogen-bond donors (Lipinski definition) is 1. The van der Waals surface area contributed by atoms with Crippen molar-refractivity contribution < 1.29 is 33.3 Å². The van der Waals surface area contributed by atoms with Gasteiger partial charge in [0.25, 0.3) is 0 Å². The van der Waals surface area contributed by atoms with Crippen LogP contribution in [0.25, 0.3) is 10.4 Å². The van der Waals surface area contributed by atoms with E-state index in [2.05, 4.69) is 15.3 Å². The van der Waals surface area contributed by atoms with E-state index in [1.165, 1.54) is 20.8 Å². The smallest absolute Gasteiger partial charge is 0.303 e. The third kappa shape index (κ3) is 6.22. The fourth-order valence-corrected chi connectivity index (χ4v) is 2.52. The van der Waals surface area contributed by atoms with Gasteiger partial charge in [-0.3, -0.25) is 14.4 Å². The van der Waals surface area contributed by atoms with E-state index in [-0.39, 0.29) is 13.2 Å². The summed E-state index contributed by atoms with van der Waals surface area (Å²) in [6.07, 6.45) is -3.86. The van der Waals surface area contributed by atoms with E-state index in [4.69, 9.17) is 24.5 Å². The summed E-state index contributed by atoms with van der Waals surface area (Å²) in [6, 6.07) is -0.956. The van der Waals surface area contributed by atoms with E-state index < -0.39 is 48.4 Å². The summed E-state index contributed by atoms with van der Waals surface area (Å²) < 4.78 is 21.5. The molecule has 1 amide bonds. The average Bonchev–Trinajstić information content (AvgIpc) is 2.50. The minimum atomic E-state index is -1.17. The minimum Gasteiger partial charge on any atom is -0.463 e. The van der Waals surface area contributed by atoms with Crippen molar-refractivity contribution in [3.8, 4) is 0 Å². The Bertz CT molecular complexity index is 549. The van der Waals surface area contributed by atoms with Crippen LogP contribution in [-0.2, 0) is 33.3 Å². The van der Waals surface area contributed by atoms with Gasteiger partial charge in [-0.1, -0.05) is 5.11 Å². The molecule has 0 radical (unpaired) electrons. The number of ether oxygens (including phenoxy) is 4. The Balaban J connectivity index is 3.20. The van der Waals surface area contributed by atoms with Crippen LogP contribution < -0.4 is 5.32 Å². The van der Waals surface area contributed by atoms with Crippen molar-refractivity contribution in [2.75, 3.05) is 13.2 Å². The zero-order valence-electron chi connectivity index (χ0n) is 14.5. The monoisotopic (exact) mass is 358 g/mol. The molecule has 0 aliphatic carbocycles. The molecule has 0 aromatic heterocycles. The summed E-state index contributed by atoms with van der Waals surface area (Å²) in [5.41, 5.74) is 8.75. The highest BCUT2D eigenvalue weighted by Crippen LogP contribution is 2.27. The van der Waals surface area contributed by atoms with Crippen LogP contribution in [0, 0.1) is 0 Å². The molecule has 11 nitrogen and oxygen atoms in total. The molecule has 1 aliphatic rings. The first-order valence-electron chi connectivity index (χ1n) is 7.69. The lowest BCUT2D eigenvalue weighted by molar-refractivity contribution is -0.222. The fraction of sp³-hybridized carbons (Fsp3) is 0.786. The molecular formula is C14H22N4O7. The molecule has 0 saturated carbocycles. The van der Waals surface area contributed by atoms with E-state index in [1.807, 2.05) is 0 Å². The number of azide groups is 1. The number of nitrogens with zero attached hydrogens (tertiary/aromatic N) is 3. The van der Waals surface area contributed by atoms with Crippen LogP contribution in [0.4, 0.5) is 0 Å². The highest BCUT2D eigenvalue weighted by atomic mass is 16.6. The highest BCUT2D eigenvalue weighted by molar-refractivity contribution is 5.73. The van der Waals surface area contributed by atoms with Gasteiger partial charge >= 0.3 is 11.9 Å². The topological polar surface area (TPSA) is 149 Å². The number of esters is 2. The SMILES string of the molecule is CCO[C@@H]1C(COC(C)=O)O[C@@H](N=[N+]=[N-])C(NC(C)=O)[C@@H]1OC(C)=O. The second-order valence-electron chi connectivity index (χ2n) is 5.29. The standard InChI is InChI=1S/C14H22N4O7/c1-5-22-12-10(6-23-8(3)20)25-14(17-18-15)11(16-7(2)19)13(12)24-9(4)21/h10-14H,5-6H2,1-4H3,(H,16,19)/t10?,11?,12-,13+,14-/m1/s1. The van der Waals surface area contributed by atoms with Gasteiger partial charge in [0.2, 0.25) is 5.91 Å². The number of amides is 1. The first kappa shape index (κ1) is 20.7. The summed E-state index contributed by atoms with van der Waals surface area (Å²) in [6.45, 7) is 5.47. The van der Waals surface area contributed by atoms with Crippen LogP contribution >= 0.6 is 0 Å². The third-order valence-corrected chi connectivity index (χ3v) is 3.31. The number of rotatable bonds is 7. The van der Waals surface area contributed by atoms with Gasteiger partial charge in [0.1, 0.15) is 24.9 Å². The lowest BCUT2D eigenvalue weighted by Crippen LogP contribution is -2.65. The van der Waals surface area contributed by atoms with Gasteiger partial charge in [-0.15, -0.1) is 0 Å². The van der Waals surface area contributed by atoms with Crippen molar-refractivity contribution in [3.63, 3.8) is 0 Å². The number of nitrogens with one attached hydrogen (secondary N) is 1. The van der Waals surface area contributed by atoms with E-state index in [9.17, 15) is 14.4 Å². The average molecular weight is 358 g/mol.